The van der Waals surface area contributed by atoms with E-state index < -0.39 is 18.0 Å². The monoisotopic (exact) mass is 248 g/mol. The van der Waals surface area contributed by atoms with Crippen molar-refractivity contribution >= 4 is 0 Å². The molecule has 0 spiro atoms. The summed E-state index contributed by atoms with van der Waals surface area (Å²) in [5.74, 6) is 0. The van der Waals surface area contributed by atoms with Gasteiger partial charge in [0.1, 0.15) is 5.69 Å². The van der Waals surface area contributed by atoms with E-state index >= 15 is 0 Å². The Morgan fingerprint density at radius 1 is 1.41 bits per heavy atom. The Morgan fingerprint density at radius 3 is 2.35 bits per heavy atom. The molecule has 0 bridgehead atoms. The van der Waals surface area contributed by atoms with Crippen LogP contribution in [-0.2, 0) is 6.18 Å². The Labute approximate surface area is 97.6 Å². The zero-order valence-corrected chi connectivity index (χ0v) is 9.54. The summed E-state index contributed by atoms with van der Waals surface area (Å²) in [6.45, 7) is 7.39. The van der Waals surface area contributed by atoms with E-state index in [1.807, 2.05) is 0 Å². The van der Waals surface area contributed by atoms with Gasteiger partial charge in [0, 0.05) is 0 Å². The number of halogens is 3. The lowest BCUT2D eigenvalue weighted by atomic mass is 9.89. The van der Waals surface area contributed by atoms with Crippen molar-refractivity contribution in [3.63, 3.8) is 0 Å². The molecule has 2 rings (SSSR count). The Balaban J connectivity index is 0.000000686. The highest BCUT2D eigenvalue weighted by Gasteiger charge is 2.41. The molecule has 96 valence electrons. The summed E-state index contributed by atoms with van der Waals surface area (Å²) < 4.78 is 38.9. The number of aliphatic hydroxyl groups is 1. The average Bonchev–Trinajstić information content (AvgIpc) is 2.58. The predicted octanol–water partition coefficient (Wildman–Crippen LogP) is 2.71. The number of hydrogen-bond donors (Lipinski definition) is 1. The number of alkyl halides is 3. The third kappa shape index (κ3) is 2.69. The molecule has 1 aliphatic carbocycles. The molecule has 0 radical (unpaired) electrons. The highest BCUT2D eigenvalue weighted by Crippen LogP contribution is 2.38. The summed E-state index contributed by atoms with van der Waals surface area (Å²) in [6.07, 6.45) is -2.94. The van der Waals surface area contributed by atoms with Gasteiger partial charge in [0.05, 0.1) is 18.3 Å². The molecule has 0 aliphatic heterocycles. The SMILES string of the molecule is C=C.Cc1cnn(C2CC(O)C2)c1C(F)(F)F. The summed E-state index contributed by atoms with van der Waals surface area (Å²) >= 11 is 0. The highest BCUT2D eigenvalue weighted by atomic mass is 19.4. The fraction of sp³-hybridized carbons (Fsp3) is 0.545. The van der Waals surface area contributed by atoms with Crippen molar-refractivity contribution in [2.75, 3.05) is 0 Å². The van der Waals surface area contributed by atoms with Gasteiger partial charge in [-0.2, -0.15) is 18.3 Å². The minimum Gasteiger partial charge on any atom is -0.393 e. The fourth-order valence-corrected chi connectivity index (χ4v) is 1.84. The molecule has 1 aromatic rings. The summed E-state index contributed by atoms with van der Waals surface area (Å²) in [5.41, 5.74) is -0.566. The topological polar surface area (TPSA) is 38.0 Å². The number of nitrogens with zero attached hydrogens (tertiary/aromatic N) is 2. The van der Waals surface area contributed by atoms with E-state index in [0.717, 1.165) is 4.68 Å². The predicted molar refractivity (Wildman–Crippen MR) is 57.5 cm³/mol. The van der Waals surface area contributed by atoms with Crippen molar-refractivity contribution in [1.82, 2.24) is 9.78 Å². The molecule has 1 N–H and O–H groups in total. The second-order valence-electron chi connectivity index (χ2n) is 3.90. The average molecular weight is 248 g/mol. The van der Waals surface area contributed by atoms with Crippen LogP contribution < -0.4 is 0 Å². The van der Waals surface area contributed by atoms with Crippen molar-refractivity contribution < 1.29 is 18.3 Å². The molecule has 6 heteroatoms. The van der Waals surface area contributed by atoms with Gasteiger partial charge in [-0.15, -0.1) is 13.2 Å². The van der Waals surface area contributed by atoms with E-state index in [-0.39, 0.29) is 11.6 Å². The van der Waals surface area contributed by atoms with Crippen LogP contribution in [0.25, 0.3) is 0 Å². The van der Waals surface area contributed by atoms with E-state index in [4.69, 9.17) is 5.11 Å². The van der Waals surface area contributed by atoms with E-state index in [0.29, 0.717) is 12.8 Å². The van der Waals surface area contributed by atoms with Crippen LogP contribution in [-0.4, -0.2) is 21.0 Å². The maximum absolute atomic E-state index is 12.6. The van der Waals surface area contributed by atoms with E-state index in [1.54, 1.807) is 0 Å². The number of hydrogen-bond acceptors (Lipinski definition) is 2. The third-order valence-electron chi connectivity index (χ3n) is 2.68. The summed E-state index contributed by atoms with van der Waals surface area (Å²) in [6, 6.07) is -0.315. The van der Waals surface area contributed by atoms with Crippen LogP contribution in [0, 0.1) is 6.92 Å². The zero-order valence-electron chi connectivity index (χ0n) is 9.54. The molecular formula is C11H15F3N2O. The fourth-order valence-electron chi connectivity index (χ4n) is 1.84. The molecule has 3 nitrogen and oxygen atoms in total. The summed E-state index contributed by atoms with van der Waals surface area (Å²) in [4.78, 5) is 0. The molecule has 0 amide bonds. The lowest BCUT2D eigenvalue weighted by Gasteiger charge is -2.33. The van der Waals surface area contributed by atoms with Gasteiger partial charge in [-0.1, -0.05) is 0 Å². The molecule has 17 heavy (non-hydrogen) atoms. The molecule has 1 aromatic heterocycles. The minimum atomic E-state index is -4.37. The van der Waals surface area contributed by atoms with Crippen LogP contribution in [0.1, 0.15) is 30.1 Å². The molecule has 1 saturated carbocycles. The van der Waals surface area contributed by atoms with Gasteiger partial charge in [-0.05, 0) is 25.3 Å². The molecule has 1 fully saturated rings. The first kappa shape index (κ1) is 13.8. The van der Waals surface area contributed by atoms with Gasteiger partial charge in [0.2, 0.25) is 0 Å². The highest BCUT2D eigenvalue weighted by molar-refractivity contribution is 5.20. The zero-order chi connectivity index (χ0) is 13.2. The quantitative estimate of drug-likeness (QED) is 0.776. The molecule has 0 aromatic carbocycles. The van der Waals surface area contributed by atoms with E-state index in [2.05, 4.69) is 18.3 Å². The van der Waals surface area contributed by atoms with Crippen LogP contribution in [0.5, 0.6) is 0 Å². The standard InChI is InChI=1S/C9H11F3N2O.C2H4/c1-5-4-13-14(6-2-7(15)3-6)8(5)9(10,11)12;1-2/h4,6-7,15H,2-3H2,1H3;1-2H2. The van der Waals surface area contributed by atoms with Crippen molar-refractivity contribution in [3.8, 4) is 0 Å². The van der Waals surface area contributed by atoms with Crippen LogP contribution in [0.15, 0.2) is 19.4 Å². The summed E-state index contributed by atoms with van der Waals surface area (Å²) in [7, 11) is 0. The largest absolute Gasteiger partial charge is 0.433 e. The number of aliphatic hydroxyl groups excluding tert-OH is 1. The first-order valence-corrected chi connectivity index (χ1v) is 5.19. The van der Waals surface area contributed by atoms with Crippen LogP contribution in [0.2, 0.25) is 0 Å². The number of aromatic nitrogens is 2. The van der Waals surface area contributed by atoms with Gasteiger partial charge in [-0.3, -0.25) is 4.68 Å². The number of rotatable bonds is 1. The van der Waals surface area contributed by atoms with Crippen molar-refractivity contribution in [2.24, 2.45) is 0 Å². The smallest absolute Gasteiger partial charge is 0.393 e. The summed E-state index contributed by atoms with van der Waals surface area (Å²) in [5, 5.41) is 12.8. The first-order chi connectivity index (χ1) is 7.89. The molecule has 0 saturated heterocycles. The Morgan fingerprint density at radius 2 is 1.94 bits per heavy atom. The second kappa shape index (κ2) is 4.91. The van der Waals surface area contributed by atoms with Crippen LogP contribution >= 0.6 is 0 Å². The molecular weight excluding hydrogens is 233 g/mol. The van der Waals surface area contributed by atoms with Crippen LogP contribution in [0.3, 0.4) is 0 Å². The lowest BCUT2D eigenvalue weighted by molar-refractivity contribution is -0.147. The normalized spacial score (nSPS) is 23.6. The van der Waals surface area contributed by atoms with Gasteiger partial charge < -0.3 is 5.11 Å². The second-order valence-corrected chi connectivity index (χ2v) is 3.90. The Hall–Kier alpha value is -1.30. The van der Waals surface area contributed by atoms with Crippen LogP contribution in [0.4, 0.5) is 13.2 Å². The molecule has 0 unspecified atom stereocenters. The maximum Gasteiger partial charge on any atom is 0.433 e. The molecule has 1 heterocycles. The lowest BCUT2D eigenvalue weighted by Crippen LogP contribution is -2.33. The third-order valence-corrected chi connectivity index (χ3v) is 2.68. The van der Waals surface area contributed by atoms with E-state index in [1.165, 1.54) is 13.1 Å². The maximum atomic E-state index is 12.6. The first-order valence-electron chi connectivity index (χ1n) is 5.19. The Bertz CT molecular complexity index is 381. The van der Waals surface area contributed by atoms with Crippen molar-refractivity contribution in [1.29, 1.82) is 0 Å². The van der Waals surface area contributed by atoms with Crippen molar-refractivity contribution in [3.05, 3.63) is 30.6 Å². The van der Waals surface area contributed by atoms with Gasteiger partial charge in [0.15, 0.2) is 0 Å². The van der Waals surface area contributed by atoms with Gasteiger partial charge >= 0.3 is 6.18 Å². The minimum absolute atomic E-state index is 0.129. The Kier molecular flexibility index (Phi) is 3.98. The van der Waals surface area contributed by atoms with E-state index in [9.17, 15) is 13.2 Å². The molecule has 0 atom stereocenters. The van der Waals surface area contributed by atoms with Crippen molar-refractivity contribution in [2.45, 2.75) is 38.1 Å². The van der Waals surface area contributed by atoms with Gasteiger partial charge in [0.25, 0.3) is 0 Å². The number of aryl methyl sites for hydroxylation is 1. The van der Waals surface area contributed by atoms with Gasteiger partial charge in [-0.25, -0.2) is 0 Å². The molecule has 1 aliphatic rings.